The summed E-state index contributed by atoms with van der Waals surface area (Å²) in [7, 11) is 0. The van der Waals surface area contributed by atoms with Crippen LogP contribution in [0.5, 0.6) is 11.5 Å². The summed E-state index contributed by atoms with van der Waals surface area (Å²) in [5.41, 5.74) is 2.34. The monoisotopic (exact) mass is 260 g/mol. The predicted octanol–water partition coefficient (Wildman–Crippen LogP) is 4.13. The number of aromatic hydroxyl groups is 2. The summed E-state index contributed by atoms with van der Waals surface area (Å²) in [6.07, 6.45) is 5.59. The highest BCUT2D eigenvalue weighted by molar-refractivity contribution is 5.53. The number of benzene rings is 1. The minimum atomic E-state index is 0.0121. The lowest BCUT2D eigenvalue weighted by Crippen LogP contribution is -2.47. The van der Waals surface area contributed by atoms with E-state index in [0.29, 0.717) is 22.8 Å². The van der Waals surface area contributed by atoms with Gasteiger partial charge in [-0.15, -0.1) is 0 Å². The van der Waals surface area contributed by atoms with Crippen LogP contribution in [0.15, 0.2) is 12.1 Å². The van der Waals surface area contributed by atoms with Crippen molar-refractivity contribution >= 4 is 0 Å². The van der Waals surface area contributed by atoms with Gasteiger partial charge in [0.25, 0.3) is 0 Å². The molecule has 0 aromatic heterocycles. The minimum Gasteiger partial charge on any atom is -0.508 e. The first kappa shape index (κ1) is 12.8. The van der Waals surface area contributed by atoms with Crippen molar-refractivity contribution in [1.29, 1.82) is 0 Å². The van der Waals surface area contributed by atoms with Gasteiger partial charge in [0, 0.05) is 11.1 Å². The number of hydrogen-bond donors (Lipinski definition) is 2. The summed E-state index contributed by atoms with van der Waals surface area (Å²) in [6.45, 7) is 7.01. The molecular weight excluding hydrogens is 236 g/mol. The summed E-state index contributed by atoms with van der Waals surface area (Å²) in [6, 6.07) is 3.29. The van der Waals surface area contributed by atoms with Gasteiger partial charge < -0.3 is 10.2 Å². The van der Waals surface area contributed by atoms with Crippen molar-refractivity contribution in [2.75, 3.05) is 0 Å². The Kier molecular flexibility index (Phi) is 2.64. The van der Waals surface area contributed by atoms with Crippen molar-refractivity contribution in [2.45, 2.75) is 58.3 Å². The molecule has 2 aliphatic rings. The zero-order chi connectivity index (χ0) is 13.8. The standard InChI is InChI=1S/C17H24O2/c1-16(2)9-4-10-17(3)14(16)8-5-11-12(18)6-7-13(19)15(11)17/h6-7,14,18-19H,4-5,8-10H2,1-3H3/t14-,17-/m0/s1. The van der Waals surface area contributed by atoms with E-state index in [1.165, 1.54) is 12.8 Å². The molecule has 2 heteroatoms. The van der Waals surface area contributed by atoms with Crippen molar-refractivity contribution in [2.24, 2.45) is 11.3 Å². The molecule has 0 spiro atoms. The van der Waals surface area contributed by atoms with Crippen LogP contribution >= 0.6 is 0 Å². The molecule has 0 heterocycles. The Labute approximate surface area is 115 Å². The second kappa shape index (κ2) is 3.91. The van der Waals surface area contributed by atoms with Gasteiger partial charge in [0.15, 0.2) is 0 Å². The van der Waals surface area contributed by atoms with Gasteiger partial charge in [-0.05, 0) is 54.6 Å². The van der Waals surface area contributed by atoms with Crippen LogP contribution in [0, 0.1) is 11.3 Å². The van der Waals surface area contributed by atoms with Crippen molar-refractivity contribution in [3.8, 4) is 11.5 Å². The van der Waals surface area contributed by atoms with E-state index in [4.69, 9.17) is 0 Å². The first-order chi connectivity index (χ1) is 8.86. The maximum absolute atomic E-state index is 10.3. The van der Waals surface area contributed by atoms with Gasteiger partial charge in [-0.1, -0.05) is 27.2 Å². The van der Waals surface area contributed by atoms with E-state index >= 15 is 0 Å². The topological polar surface area (TPSA) is 40.5 Å². The summed E-state index contributed by atoms with van der Waals surface area (Å²) in [5, 5.41) is 20.4. The molecule has 19 heavy (non-hydrogen) atoms. The minimum absolute atomic E-state index is 0.0121. The molecule has 2 nitrogen and oxygen atoms in total. The number of rotatable bonds is 0. The highest BCUT2D eigenvalue weighted by Gasteiger charge is 2.51. The lowest BCUT2D eigenvalue weighted by Gasteiger charge is -2.54. The van der Waals surface area contributed by atoms with E-state index < -0.39 is 0 Å². The fourth-order valence-electron chi connectivity index (χ4n) is 4.93. The molecule has 2 atom stereocenters. The molecule has 104 valence electrons. The van der Waals surface area contributed by atoms with Crippen molar-refractivity contribution in [3.63, 3.8) is 0 Å². The molecule has 1 aromatic rings. The van der Waals surface area contributed by atoms with Gasteiger partial charge in [0.1, 0.15) is 11.5 Å². The van der Waals surface area contributed by atoms with Crippen molar-refractivity contribution in [1.82, 2.24) is 0 Å². The third-order valence-electron chi connectivity index (χ3n) is 5.75. The summed E-state index contributed by atoms with van der Waals surface area (Å²) >= 11 is 0. The molecular formula is C17H24O2. The SMILES string of the molecule is CC1(C)CCC[C@]2(C)c3c(O)ccc(O)c3CC[C@@H]12. The third-order valence-corrected chi connectivity index (χ3v) is 5.75. The Morgan fingerprint density at radius 1 is 1.05 bits per heavy atom. The second-order valence-corrected chi connectivity index (χ2v) is 7.31. The van der Waals surface area contributed by atoms with E-state index in [1.807, 2.05) is 0 Å². The van der Waals surface area contributed by atoms with Crippen LogP contribution in [0.1, 0.15) is 57.6 Å². The lowest BCUT2D eigenvalue weighted by atomic mass is 9.50. The zero-order valence-corrected chi connectivity index (χ0v) is 12.2. The van der Waals surface area contributed by atoms with Gasteiger partial charge in [0.2, 0.25) is 0 Å². The van der Waals surface area contributed by atoms with E-state index in [2.05, 4.69) is 20.8 Å². The Morgan fingerprint density at radius 2 is 1.74 bits per heavy atom. The summed E-state index contributed by atoms with van der Waals surface area (Å²) in [5.74, 6) is 1.32. The van der Waals surface area contributed by atoms with Gasteiger partial charge in [-0.3, -0.25) is 0 Å². The normalized spacial score (nSPS) is 32.5. The molecule has 1 fully saturated rings. The van der Waals surface area contributed by atoms with E-state index in [0.717, 1.165) is 30.4 Å². The van der Waals surface area contributed by atoms with Gasteiger partial charge in [-0.2, -0.15) is 0 Å². The molecule has 2 aliphatic carbocycles. The first-order valence-electron chi connectivity index (χ1n) is 7.40. The fourth-order valence-corrected chi connectivity index (χ4v) is 4.93. The third kappa shape index (κ3) is 1.69. The predicted molar refractivity (Wildman–Crippen MR) is 76.6 cm³/mol. The van der Waals surface area contributed by atoms with Crippen LogP contribution in [0.2, 0.25) is 0 Å². The number of hydrogen-bond acceptors (Lipinski definition) is 2. The fraction of sp³-hybridized carbons (Fsp3) is 0.647. The lowest BCUT2D eigenvalue weighted by molar-refractivity contribution is 0.0387. The number of fused-ring (bicyclic) bond motifs is 3. The van der Waals surface area contributed by atoms with Crippen LogP contribution in [0.3, 0.4) is 0 Å². The molecule has 0 amide bonds. The van der Waals surface area contributed by atoms with Gasteiger partial charge >= 0.3 is 0 Å². The average molecular weight is 260 g/mol. The van der Waals surface area contributed by atoms with E-state index in [-0.39, 0.29) is 5.41 Å². The van der Waals surface area contributed by atoms with Gasteiger partial charge in [0.05, 0.1) is 0 Å². The maximum Gasteiger partial charge on any atom is 0.119 e. The molecule has 0 saturated heterocycles. The molecule has 1 saturated carbocycles. The first-order valence-corrected chi connectivity index (χ1v) is 7.40. The molecule has 2 N–H and O–H groups in total. The quantitative estimate of drug-likeness (QED) is 0.689. The van der Waals surface area contributed by atoms with Crippen LogP contribution in [-0.4, -0.2) is 10.2 Å². The number of phenolic OH excluding ortho intramolecular Hbond substituents is 2. The molecule has 1 aromatic carbocycles. The Morgan fingerprint density at radius 3 is 2.47 bits per heavy atom. The molecule has 3 rings (SSSR count). The van der Waals surface area contributed by atoms with E-state index in [9.17, 15) is 10.2 Å². The Hall–Kier alpha value is -1.18. The maximum atomic E-state index is 10.3. The smallest absolute Gasteiger partial charge is 0.119 e. The highest BCUT2D eigenvalue weighted by atomic mass is 16.3. The Balaban J connectivity index is 2.20. The molecule has 0 bridgehead atoms. The van der Waals surface area contributed by atoms with Crippen molar-refractivity contribution < 1.29 is 10.2 Å². The van der Waals surface area contributed by atoms with Crippen LogP contribution in [-0.2, 0) is 11.8 Å². The van der Waals surface area contributed by atoms with Crippen LogP contribution in [0.4, 0.5) is 0 Å². The van der Waals surface area contributed by atoms with Crippen LogP contribution < -0.4 is 0 Å². The number of phenols is 2. The molecule has 0 unspecified atom stereocenters. The van der Waals surface area contributed by atoms with E-state index in [1.54, 1.807) is 12.1 Å². The molecule has 0 radical (unpaired) electrons. The van der Waals surface area contributed by atoms with Gasteiger partial charge in [-0.25, -0.2) is 0 Å². The average Bonchev–Trinajstić information content (AvgIpc) is 2.32. The van der Waals surface area contributed by atoms with Crippen LogP contribution in [0.25, 0.3) is 0 Å². The largest absolute Gasteiger partial charge is 0.508 e. The Bertz CT molecular complexity index is 518. The highest BCUT2D eigenvalue weighted by Crippen LogP contribution is 2.59. The van der Waals surface area contributed by atoms with Crippen molar-refractivity contribution in [3.05, 3.63) is 23.3 Å². The summed E-state index contributed by atoms with van der Waals surface area (Å²) < 4.78 is 0. The zero-order valence-electron chi connectivity index (χ0n) is 12.2. The molecule has 0 aliphatic heterocycles. The summed E-state index contributed by atoms with van der Waals surface area (Å²) in [4.78, 5) is 0. The second-order valence-electron chi connectivity index (χ2n) is 7.31.